The SMILES string of the molecule is Cc1c(C)n(CC(C)C)c2c(NCc3ccccc3)nccc12. The molecule has 0 aliphatic rings. The van der Waals surface area contributed by atoms with Crippen LogP contribution >= 0.6 is 0 Å². The van der Waals surface area contributed by atoms with E-state index in [1.54, 1.807) is 0 Å². The number of nitrogens with zero attached hydrogens (tertiary/aromatic N) is 2. The molecule has 0 spiro atoms. The van der Waals surface area contributed by atoms with Gasteiger partial charge >= 0.3 is 0 Å². The zero-order chi connectivity index (χ0) is 16.4. The molecule has 0 aliphatic carbocycles. The molecule has 0 saturated carbocycles. The lowest BCUT2D eigenvalue weighted by Crippen LogP contribution is -2.09. The van der Waals surface area contributed by atoms with Crippen LogP contribution in [0.3, 0.4) is 0 Å². The van der Waals surface area contributed by atoms with E-state index in [1.807, 2.05) is 12.3 Å². The fourth-order valence-electron chi connectivity index (χ4n) is 3.10. The van der Waals surface area contributed by atoms with Gasteiger partial charge in [0.2, 0.25) is 0 Å². The van der Waals surface area contributed by atoms with Gasteiger partial charge in [-0.3, -0.25) is 0 Å². The Bertz CT molecular complexity index is 801. The summed E-state index contributed by atoms with van der Waals surface area (Å²) < 4.78 is 2.41. The average molecular weight is 307 g/mol. The van der Waals surface area contributed by atoms with Crippen molar-refractivity contribution in [3.8, 4) is 0 Å². The zero-order valence-electron chi connectivity index (χ0n) is 14.4. The third kappa shape index (κ3) is 3.09. The molecule has 0 unspecified atom stereocenters. The summed E-state index contributed by atoms with van der Waals surface area (Å²) in [5, 5.41) is 4.83. The van der Waals surface area contributed by atoms with E-state index < -0.39 is 0 Å². The fraction of sp³-hybridized carbons (Fsp3) is 0.350. The van der Waals surface area contributed by atoms with Crippen molar-refractivity contribution < 1.29 is 0 Å². The topological polar surface area (TPSA) is 29.9 Å². The van der Waals surface area contributed by atoms with Crippen molar-refractivity contribution in [1.29, 1.82) is 0 Å². The molecule has 23 heavy (non-hydrogen) atoms. The molecule has 1 aromatic carbocycles. The predicted molar refractivity (Wildman–Crippen MR) is 97.8 cm³/mol. The lowest BCUT2D eigenvalue weighted by molar-refractivity contribution is 0.527. The van der Waals surface area contributed by atoms with Gasteiger partial charge in [0.15, 0.2) is 5.82 Å². The van der Waals surface area contributed by atoms with Gasteiger partial charge in [0.1, 0.15) is 0 Å². The number of nitrogens with one attached hydrogen (secondary N) is 1. The van der Waals surface area contributed by atoms with E-state index >= 15 is 0 Å². The monoisotopic (exact) mass is 307 g/mol. The first kappa shape index (κ1) is 15.6. The van der Waals surface area contributed by atoms with Crippen LogP contribution in [0.5, 0.6) is 0 Å². The van der Waals surface area contributed by atoms with E-state index in [9.17, 15) is 0 Å². The summed E-state index contributed by atoms with van der Waals surface area (Å²) in [6.45, 7) is 10.7. The molecule has 0 bridgehead atoms. The van der Waals surface area contributed by atoms with Crippen LogP contribution in [0.25, 0.3) is 10.9 Å². The number of benzene rings is 1. The standard InChI is InChI=1S/C20H25N3/c1-14(2)13-23-16(4)15(3)18-10-11-21-20(19(18)23)22-12-17-8-6-5-7-9-17/h5-11,14H,12-13H2,1-4H3,(H,21,22). The highest BCUT2D eigenvalue weighted by Gasteiger charge is 2.15. The summed E-state index contributed by atoms with van der Waals surface area (Å²) in [6, 6.07) is 12.6. The Morgan fingerprint density at radius 2 is 1.83 bits per heavy atom. The van der Waals surface area contributed by atoms with E-state index in [-0.39, 0.29) is 0 Å². The van der Waals surface area contributed by atoms with Crippen LogP contribution in [0.15, 0.2) is 42.6 Å². The van der Waals surface area contributed by atoms with Gasteiger partial charge in [0.25, 0.3) is 0 Å². The molecule has 0 saturated heterocycles. The van der Waals surface area contributed by atoms with Gasteiger partial charge in [-0.1, -0.05) is 44.2 Å². The van der Waals surface area contributed by atoms with E-state index in [1.165, 1.54) is 27.7 Å². The molecule has 0 amide bonds. The summed E-state index contributed by atoms with van der Waals surface area (Å²) in [7, 11) is 0. The lowest BCUT2D eigenvalue weighted by atomic mass is 10.2. The molecule has 3 nitrogen and oxygen atoms in total. The van der Waals surface area contributed by atoms with Gasteiger partial charge in [-0.15, -0.1) is 0 Å². The Morgan fingerprint density at radius 1 is 1.09 bits per heavy atom. The molecule has 1 N–H and O–H groups in total. The van der Waals surface area contributed by atoms with Gasteiger partial charge < -0.3 is 9.88 Å². The maximum absolute atomic E-state index is 4.61. The fourth-order valence-corrected chi connectivity index (χ4v) is 3.10. The second-order valence-corrected chi connectivity index (χ2v) is 6.61. The summed E-state index contributed by atoms with van der Waals surface area (Å²) in [5.74, 6) is 1.58. The highest BCUT2D eigenvalue weighted by molar-refractivity contribution is 5.93. The van der Waals surface area contributed by atoms with Gasteiger partial charge in [-0.2, -0.15) is 0 Å². The number of pyridine rings is 1. The maximum Gasteiger partial charge on any atom is 0.150 e. The Hall–Kier alpha value is -2.29. The Kier molecular flexibility index (Phi) is 4.37. The van der Waals surface area contributed by atoms with E-state index in [2.05, 4.69) is 72.9 Å². The van der Waals surface area contributed by atoms with Crippen LogP contribution in [-0.2, 0) is 13.1 Å². The quantitative estimate of drug-likeness (QED) is 0.725. The first-order valence-electron chi connectivity index (χ1n) is 8.30. The normalized spacial score (nSPS) is 11.3. The minimum atomic E-state index is 0.603. The molecule has 0 atom stereocenters. The van der Waals surface area contributed by atoms with Crippen molar-refractivity contribution in [3.63, 3.8) is 0 Å². The van der Waals surface area contributed by atoms with Crippen LogP contribution in [0.4, 0.5) is 5.82 Å². The van der Waals surface area contributed by atoms with Gasteiger partial charge in [-0.25, -0.2) is 4.98 Å². The summed E-state index contributed by atoms with van der Waals surface area (Å²) in [4.78, 5) is 4.61. The van der Waals surface area contributed by atoms with Crippen molar-refractivity contribution in [2.24, 2.45) is 5.92 Å². The van der Waals surface area contributed by atoms with Crippen LogP contribution in [0, 0.1) is 19.8 Å². The summed E-state index contributed by atoms with van der Waals surface area (Å²) in [5.41, 5.74) is 5.18. The summed E-state index contributed by atoms with van der Waals surface area (Å²) >= 11 is 0. The number of aryl methyl sites for hydroxylation is 1. The second-order valence-electron chi connectivity index (χ2n) is 6.61. The van der Waals surface area contributed by atoms with Crippen molar-refractivity contribution >= 4 is 16.7 Å². The lowest BCUT2D eigenvalue weighted by Gasteiger charge is -2.14. The molecular weight excluding hydrogens is 282 g/mol. The van der Waals surface area contributed by atoms with Crippen LogP contribution in [0.1, 0.15) is 30.7 Å². The molecule has 2 aromatic heterocycles. The van der Waals surface area contributed by atoms with Gasteiger partial charge in [-0.05, 0) is 37.0 Å². The third-order valence-corrected chi connectivity index (χ3v) is 4.40. The molecule has 2 heterocycles. The molecule has 3 aromatic rings. The molecule has 3 heteroatoms. The number of hydrogen-bond donors (Lipinski definition) is 1. The number of rotatable bonds is 5. The number of anilines is 1. The minimum Gasteiger partial charge on any atom is -0.364 e. The first-order chi connectivity index (χ1) is 11.1. The van der Waals surface area contributed by atoms with Crippen molar-refractivity contribution in [1.82, 2.24) is 9.55 Å². The van der Waals surface area contributed by atoms with Crippen LogP contribution in [0.2, 0.25) is 0 Å². The third-order valence-electron chi connectivity index (χ3n) is 4.40. The maximum atomic E-state index is 4.61. The van der Waals surface area contributed by atoms with Gasteiger partial charge in [0, 0.05) is 30.4 Å². The Labute approximate surface area is 138 Å². The first-order valence-corrected chi connectivity index (χ1v) is 8.30. The molecule has 0 radical (unpaired) electrons. The number of hydrogen-bond acceptors (Lipinski definition) is 2. The van der Waals surface area contributed by atoms with E-state index in [4.69, 9.17) is 0 Å². The van der Waals surface area contributed by atoms with Crippen molar-refractivity contribution in [2.45, 2.75) is 40.8 Å². The highest BCUT2D eigenvalue weighted by Crippen LogP contribution is 2.30. The van der Waals surface area contributed by atoms with Crippen LogP contribution in [-0.4, -0.2) is 9.55 Å². The average Bonchev–Trinajstić information content (AvgIpc) is 2.79. The molecular formula is C20H25N3. The number of aromatic nitrogens is 2. The zero-order valence-corrected chi connectivity index (χ0v) is 14.4. The number of fused-ring (bicyclic) bond motifs is 1. The molecule has 0 fully saturated rings. The Morgan fingerprint density at radius 3 is 2.52 bits per heavy atom. The van der Waals surface area contributed by atoms with Gasteiger partial charge in [0.05, 0.1) is 5.52 Å². The molecule has 120 valence electrons. The summed E-state index contributed by atoms with van der Waals surface area (Å²) in [6.07, 6.45) is 1.90. The highest BCUT2D eigenvalue weighted by atomic mass is 15.1. The molecule has 0 aliphatic heterocycles. The second kappa shape index (κ2) is 6.45. The minimum absolute atomic E-state index is 0.603. The van der Waals surface area contributed by atoms with Crippen molar-refractivity contribution in [2.75, 3.05) is 5.32 Å². The van der Waals surface area contributed by atoms with E-state index in [0.29, 0.717) is 5.92 Å². The predicted octanol–water partition coefficient (Wildman–Crippen LogP) is 4.92. The molecule has 3 rings (SSSR count). The van der Waals surface area contributed by atoms with Crippen molar-refractivity contribution in [3.05, 3.63) is 59.4 Å². The van der Waals surface area contributed by atoms with E-state index in [0.717, 1.165) is 18.9 Å². The smallest absolute Gasteiger partial charge is 0.150 e. The Balaban J connectivity index is 2.01. The largest absolute Gasteiger partial charge is 0.364 e. The van der Waals surface area contributed by atoms with Crippen LogP contribution < -0.4 is 5.32 Å².